The minimum Gasteiger partial charge on any atom is -0.349 e. The van der Waals surface area contributed by atoms with E-state index in [-0.39, 0.29) is 17.5 Å². The number of pyridine rings is 1. The zero-order chi connectivity index (χ0) is 15.8. The number of hydrogen-bond donors (Lipinski definition) is 2. The molecule has 2 amide bonds. The van der Waals surface area contributed by atoms with Gasteiger partial charge in [0.15, 0.2) is 5.69 Å². The summed E-state index contributed by atoms with van der Waals surface area (Å²) in [4.78, 5) is 24.0. The molecule has 0 bridgehead atoms. The largest absolute Gasteiger partial charge is 0.349 e. The molecule has 0 aromatic carbocycles. The summed E-state index contributed by atoms with van der Waals surface area (Å²) in [7, 11) is 0. The number of hydrogen-bond acceptors (Lipinski definition) is 4. The summed E-state index contributed by atoms with van der Waals surface area (Å²) in [5, 5.41) is 13.9. The Morgan fingerprint density at radius 3 is 3.17 bits per heavy atom. The van der Waals surface area contributed by atoms with Gasteiger partial charge in [-0.1, -0.05) is 6.07 Å². The van der Waals surface area contributed by atoms with Gasteiger partial charge in [-0.15, -0.1) is 0 Å². The zero-order valence-corrected chi connectivity index (χ0v) is 12.2. The van der Waals surface area contributed by atoms with Gasteiger partial charge in [0.05, 0.1) is 12.1 Å². The van der Waals surface area contributed by atoms with Gasteiger partial charge in [-0.3, -0.25) is 14.3 Å². The van der Waals surface area contributed by atoms with E-state index in [2.05, 4.69) is 20.8 Å². The number of nitrogens with one attached hydrogen (secondary N) is 2. The highest BCUT2D eigenvalue weighted by molar-refractivity contribution is 5.98. The average Bonchev–Trinajstić information content (AvgIpc) is 3.19. The lowest BCUT2D eigenvalue weighted by atomic mass is 10.2. The van der Waals surface area contributed by atoms with Crippen LogP contribution in [-0.4, -0.2) is 37.8 Å². The van der Waals surface area contributed by atoms with E-state index in [0.717, 1.165) is 11.1 Å². The van der Waals surface area contributed by atoms with Crippen molar-refractivity contribution in [2.24, 2.45) is 0 Å². The predicted octanol–water partition coefficient (Wildman–Crippen LogP) is 0.204. The molecule has 8 nitrogen and oxygen atoms in total. The number of fused-ring (bicyclic) bond motifs is 2. The molecule has 0 atom stereocenters. The summed E-state index contributed by atoms with van der Waals surface area (Å²) >= 11 is 0. The molecule has 3 aromatic rings. The quantitative estimate of drug-likeness (QED) is 0.723. The van der Waals surface area contributed by atoms with E-state index in [1.807, 2.05) is 24.4 Å². The van der Waals surface area contributed by atoms with E-state index in [1.165, 1.54) is 6.07 Å². The molecule has 4 heterocycles. The maximum absolute atomic E-state index is 12.3. The maximum Gasteiger partial charge on any atom is 0.272 e. The first-order valence-corrected chi connectivity index (χ1v) is 7.28. The second-order valence-electron chi connectivity index (χ2n) is 5.27. The number of carbonyl (C=O) groups is 2. The van der Waals surface area contributed by atoms with E-state index in [9.17, 15) is 9.59 Å². The van der Waals surface area contributed by atoms with Crippen LogP contribution in [0.15, 0.2) is 36.7 Å². The molecular formula is C15H14N6O2. The molecule has 8 heteroatoms. The Balaban J connectivity index is 1.52. The standard InChI is InChI=1S/C15H14N6O2/c22-14(11-8-13-15(23)16-5-7-21(13)19-11)17-9-10-2-1-6-20-12(10)3-4-18-20/h1-4,6,8H,5,7,9H2,(H,16,23)(H,17,22). The third-order valence-electron chi connectivity index (χ3n) is 3.82. The van der Waals surface area contributed by atoms with Crippen LogP contribution < -0.4 is 10.6 Å². The van der Waals surface area contributed by atoms with Crippen LogP contribution >= 0.6 is 0 Å². The molecule has 2 N–H and O–H groups in total. The molecule has 0 fully saturated rings. The summed E-state index contributed by atoms with van der Waals surface area (Å²) in [6.07, 6.45) is 3.56. The number of amides is 2. The Morgan fingerprint density at radius 2 is 2.30 bits per heavy atom. The van der Waals surface area contributed by atoms with Gasteiger partial charge in [0.25, 0.3) is 11.8 Å². The van der Waals surface area contributed by atoms with Gasteiger partial charge in [0, 0.05) is 31.5 Å². The van der Waals surface area contributed by atoms with Crippen LogP contribution in [0.4, 0.5) is 0 Å². The third-order valence-corrected chi connectivity index (χ3v) is 3.82. The van der Waals surface area contributed by atoms with Crippen LogP contribution in [-0.2, 0) is 13.1 Å². The molecule has 3 aromatic heterocycles. The van der Waals surface area contributed by atoms with Gasteiger partial charge in [-0.25, -0.2) is 4.52 Å². The highest BCUT2D eigenvalue weighted by Gasteiger charge is 2.21. The van der Waals surface area contributed by atoms with Crippen LogP contribution in [0.25, 0.3) is 5.52 Å². The van der Waals surface area contributed by atoms with Crippen LogP contribution in [0, 0.1) is 0 Å². The number of rotatable bonds is 3. The highest BCUT2D eigenvalue weighted by Crippen LogP contribution is 2.11. The first-order valence-electron chi connectivity index (χ1n) is 7.28. The summed E-state index contributed by atoms with van der Waals surface area (Å²) in [5.41, 5.74) is 2.56. The Kier molecular flexibility index (Phi) is 3.07. The Morgan fingerprint density at radius 1 is 1.39 bits per heavy atom. The van der Waals surface area contributed by atoms with E-state index >= 15 is 0 Å². The maximum atomic E-state index is 12.3. The van der Waals surface area contributed by atoms with E-state index in [4.69, 9.17) is 0 Å². The first-order chi connectivity index (χ1) is 11.2. The molecule has 0 unspecified atom stereocenters. The van der Waals surface area contributed by atoms with Crippen LogP contribution in [0.5, 0.6) is 0 Å². The minimum atomic E-state index is -0.304. The average molecular weight is 310 g/mol. The minimum absolute atomic E-state index is 0.202. The molecule has 1 aliphatic heterocycles. The van der Waals surface area contributed by atoms with E-state index in [0.29, 0.717) is 25.3 Å². The second kappa shape index (κ2) is 5.24. The molecule has 0 saturated carbocycles. The third kappa shape index (κ3) is 2.33. The summed E-state index contributed by atoms with van der Waals surface area (Å²) < 4.78 is 3.31. The van der Waals surface area contributed by atoms with Crippen LogP contribution in [0.1, 0.15) is 26.5 Å². The Labute approximate surface area is 131 Å². The summed E-state index contributed by atoms with van der Waals surface area (Å²) in [6, 6.07) is 7.22. The molecule has 0 radical (unpaired) electrons. The second-order valence-corrected chi connectivity index (χ2v) is 5.27. The lowest BCUT2D eigenvalue weighted by Crippen LogP contribution is -2.35. The van der Waals surface area contributed by atoms with Crippen LogP contribution in [0.2, 0.25) is 0 Å². The molecule has 116 valence electrons. The fraction of sp³-hybridized carbons (Fsp3) is 0.200. The van der Waals surface area contributed by atoms with Crippen molar-refractivity contribution in [1.82, 2.24) is 30.0 Å². The van der Waals surface area contributed by atoms with Gasteiger partial charge in [0.1, 0.15) is 5.69 Å². The van der Waals surface area contributed by atoms with Crippen LogP contribution in [0.3, 0.4) is 0 Å². The van der Waals surface area contributed by atoms with E-state index < -0.39 is 0 Å². The normalized spacial score (nSPS) is 13.7. The summed E-state index contributed by atoms with van der Waals surface area (Å²) in [6.45, 7) is 1.46. The molecule has 0 spiro atoms. The van der Waals surface area contributed by atoms with Crippen molar-refractivity contribution >= 4 is 17.3 Å². The van der Waals surface area contributed by atoms with Gasteiger partial charge >= 0.3 is 0 Å². The number of carbonyl (C=O) groups excluding carboxylic acids is 2. The molecule has 0 aliphatic carbocycles. The molecular weight excluding hydrogens is 296 g/mol. The Hall–Kier alpha value is -3.16. The van der Waals surface area contributed by atoms with Gasteiger partial charge < -0.3 is 10.6 Å². The molecule has 4 rings (SSSR count). The first kappa shape index (κ1) is 13.5. The van der Waals surface area contributed by atoms with Crippen molar-refractivity contribution in [2.45, 2.75) is 13.1 Å². The SMILES string of the molecule is O=C(NCc1cccn2nccc12)c1cc2n(n1)CCNC2=O. The predicted molar refractivity (Wildman–Crippen MR) is 80.9 cm³/mol. The smallest absolute Gasteiger partial charge is 0.272 e. The molecule has 23 heavy (non-hydrogen) atoms. The van der Waals surface area contributed by atoms with Crippen molar-refractivity contribution in [3.63, 3.8) is 0 Å². The number of nitrogens with zero attached hydrogens (tertiary/aromatic N) is 4. The lowest BCUT2D eigenvalue weighted by Gasteiger charge is -2.13. The fourth-order valence-corrected chi connectivity index (χ4v) is 2.68. The van der Waals surface area contributed by atoms with Gasteiger partial charge in [-0.2, -0.15) is 10.2 Å². The summed E-state index contributed by atoms with van der Waals surface area (Å²) in [5.74, 6) is -0.506. The van der Waals surface area contributed by atoms with Crippen molar-refractivity contribution in [3.8, 4) is 0 Å². The number of aromatic nitrogens is 4. The van der Waals surface area contributed by atoms with Crippen molar-refractivity contribution < 1.29 is 9.59 Å². The van der Waals surface area contributed by atoms with Gasteiger partial charge in [-0.05, 0) is 17.7 Å². The molecule has 1 aliphatic rings. The van der Waals surface area contributed by atoms with Crippen molar-refractivity contribution in [3.05, 3.63) is 53.6 Å². The Bertz CT molecular complexity index is 910. The topological polar surface area (TPSA) is 93.3 Å². The van der Waals surface area contributed by atoms with E-state index in [1.54, 1.807) is 15.4 Å². The highest BCUT2D eigenvalue weighted by atomic mass is 16.2. The lowest BCUT2D eigenvalue weighted by molar-refractivity contribution is 0.0919. The fourth-order valence-electron chi connectivity index (χ4n) is 2.68. The van der Waals surface area contributed by atoms with Crippen molar-refractivity contribution in [2.75, 3.05) is 6.54 Å². The van der Waals surface area contributed by atoms with Crippen molar-refractivity contribution in [1.29, 1.82) is 0 Å². The zero-order valence-electron chi connectivity index (χ0n) is 12.2. The molecule has 0 saturated heterocycles. The monoisotopic (exact) mass is 310 g/mol. The van der Waals surface area contributed by atoms with Gasteiger partial charge in [0.2, 0.25) is 0 Å².